The Bertz CT molecular complexity index is 551. The van der Waals surface area contributed by atoms with Crippen molar-refractivity contribution in [2.45, 2.75) is 39.2 Å². The van der Waals surface area contributed by atoms with Crippen LogP contribution in [0.1, 0.15) is 37.8 Å². The first kappa shape index (κ1) is 18.0. The van der Waals surface area contributed by atoms with Gasteiger partial charge in [0.1, 0.15) is 5.75 Å². The molecular weight excluding hydrogens is 286 g/mol. The SMILES string of the molecule is Cc1ccc(C(C)C)c(OCC(=O)NCC(C)(O)C(=O)O)c1. The number of aryl methyl sites for hydroxylation is 1. The van der Waals surface area contributed by atoms with Crippen molar-refractivity contribution < 1.29 is 24.5 Å². The number of carboxylic acids is 1. The number of rotatable bonds is 7. The van der Waals surface area contributed by atoms with Crippen LogP contribution < -0.4 is 10.1 Å². The van der Waals surface area contributed by atoms with Crippen molar-refractivity contribution in [3.63, 3.8) is 0 Å². The third-order valence-corrected chi connectivity index (χ3v) is 3.24. The van der Waals surface area contributed by atoms with Crippen LogP contribution in [0.2, 0.25) is 0 Å². The fourth-order valence-electron chi connectivity index (χ4n) is 1.78. The molecule has 1 amide bonds. The second-order valence-corrected chi connectivity index (χ2v) is 5.84. The molecule has 0 aliphatic carbocycles. The molecule has 0 aliphatic heterocycles. The van der Waals surface area contributed by atoms with Crippen LogP contribution in [0.15, 0.2) is 18.2 Å². The molecule has 1 atom stereocenters. The van der Waals surface area contributed by atoms with Crippen LogP contribution in [0.5, 0.6) is 5.75 Å². The van der Waals surface area contributed by atoms with Crippen molar-refractivity contribution in [3.8, 4) is 5.75 Å². The predicted octanol–water partition coefficient (Wildman–Crippen LogP) is 1.45. The van der Waals surface area contributed by atoms with Gasteiger partial charge in [0.05, 0.1) is 6.54 Å². The Morgan fingerprint density at radius 3 is 2.55 bits per heavy atom. The number of carboxylic acid groups (broad SMARTS) is 1. The first-order valence-electron chi connectivity index (χ1n) is 7.09. The molecule has 0 aliphatic rings. The highest BCUT2D eigenvalue weighted by Crippen LogP contribution is 2.27. The highest BCUT2D eigenvalue weighted by atomic mass is 16.5. The standard InChI is InChI=1S/C16H23NO5/c1-10(2)12-6-5-11(3)7-13(12)22-8-14(18)17-9-16(4,21)15(19)20/h5-7,10,21H,8-9H2,1-4H3,(H,17,18)(H,19,20). The second-order valence-electron chi connectivity index (χ2n) is 5.84. The zero-order valence-corrected chi connectivity index (χ0v) is 13.3. The average Bonchev–Trinajstić information content (AvgIpc) is 2.42. The summed E-state index contributed by atoms with van der Waals surface area (Å²) in [4.78, 5) is 22.4. The molecule has 1 aromatic rings. The summed E-state index contributed by atoms with van der Waals surface area (Å²) >= 11 is 0. The Kier molecular flexibility index (Phi) is 5.93. The lowest BCUT2D eigenvalue weighted by Crippen LogP contribution is -2.47. The minimum Gasteiger partial charge on any atom is -0.483 e. The molecule has 3 N–H and O–H groups in total. The number of hydrogen-bond acceptors (Lipinski definition) is 4. The minimum atomic E-state index is -2.00. The van der Waals surface area contributed by atoms with Gasteiger partial charge >= 0.3 is 5.97 Å². The van der Waals surface area contributed by atoms with E-state index in [0.29, 0.717) is 5.75 Å². The van der Waals surface area contributed by atoms with Crippen LogP contribution in [-0.2, 0) is 9.59 Å². The van der Waals surface area contributed by atoms with E-state index in [-0.39, 0.29) is 19.1 Å². The number of nitrogens with one attached hydrogen (secondary N) is 1. The number of aliphatic carboxylic acids is 1. The summed E-state index contributed by atoms with van der Waals surface area (Å²) < 4.78 is 5.53. The summed E-state index contributed by atoms with van der Waals surface area (Å²) in [6.07, 6.45) is 0. The highest BCUT2D eigenvalue weighted by molar-refractivity contribution is 5.80. The van der Waals surface area contributed by atoms with Crippen LogP contribution in [0, 0.1) is 6.92 Å². The van der Waals surface area contributed by atoms with Gasteiger partial charge in [-0.15, -0.1) is 0 Å². The zero-order chi connectivity index (χ0) is 16.9. The normalized spacial score (nSPS) is 13.5. The van der Waals surface area contributed by atoms with E-state index in [1.54, 1.807) is 0 Å². The van der Waals surface area contributed by atoms with Gasteiger partial charge in [0.2, 0.25) is 0 Å². The molecule has 0 bridgehead atoms. The summed E-state index contributed by atoms with van der Waals surface area (Å²) in [7, 11) is 0. The van der Waals surface area contributed by atoms with Gasteiger partial charge in [-0.25, -0.2) is 4.79 Å². The summed E-state index contributed by atoms with van der Waals surface area (Å²) in [6, 6.07) is 5.80. The van der Waals surface area contributed by atoms with E-state index in [1.165, 1.54) is 0 Å². The smallest absolute Gasteiger partial charge is 0.337 e. The zero-order valence-electron chi connectivity index (χ0n) is 13.3. The molecule has 122 valence electrons. The number of carbonyl (C=O) groups excluding carboxylic acids is 1. The fraction of sp³-hybridized carbons (Fsp3) is 0.500. The van der Waals surface area contributed by atoms with E-state index >= 15 is 0 Å². The molecule has 1 unspecified atom stereocenters. The number of benzene rings is 1. The first-order chi connectivity index (χ1) is 10.1. The van der Waals surface area contributed by atoms with Crippen LogP contribution in [0.3, 0.4) is 0 Å². The van der Waals surface area contributed by atoms with Crippen molar-refractivity contribution >= 4 is 11.9 Å². The van der Waals surface area contributed by atoms with Gasteiger partial charge in [0.25, 0.3) is 5.91 Å². The van der Waals surface area contributed by atoms with Gasteiger partial charge in [0.15, 0.2) is 12.2 Å². The van der Waals surface area contributed by atoms with Crippen LogP contribution >= 0.6 is 0 Å². The number of ether oxygens (including phenoxy) is 1. The molecule has 0 aromatic heterocycles. The van der Waals surface area contributed by atoms with E-state index < -0.39 is 17.5 Å². The Morgan fingerprint density at radius 1 is 1.36 bits per heavy atom. The molecule has 0 fully saturated rings. The van der Waals surface area contributed by atoms with Gasteiger partial charge in [-0.2, -0.15) is 0 Å². The molecular formula is C16H23NO5. The van der Waals surface area contributed by atoms with Crippen LogP contribution in [0.4, 0.5) is 0 Å². The number of hydrogen-bond donors (Lipinski definition) is 3. The molecule has 0 saturated heterocycles. The fourth-order valence-corrected chi connectivity index (χ4v) is 1.78. The van der Waals surface area contributed by atoms with Gasteiger partial charge in [0, 0.05) is 0 Å². The third kappa shape index (κ3) is 5.04. The Labute approximate surface area is 130 Å². The molecule has 0 heterocycles. The maximum absolute atomic E-state index is 11.7. The number of carbonyl (C=O) groups is 2. The molecule has 1 aromatic carbocycles. The second kappa shape index (κ2) is 7.26. The first-order valence-corrected chi connectivity index (χ1v) is 7.09. The van der Waals surface area contributed by atoms with Crippen LogP contribution in [0.25, 0.3) is 0 Å². The average molecular weight is 309 g/mol. The topological polar surface area (TPSA) is 95.9 Å². The quantitative estimate of drug-likeness (QED) is 0.708. The summed E-state index contributed by atoms with van der Waals surface area (Å²) in [5, 5.41) is 20.6. The van der Waals surface area contributed by atoms with E-state index in [0.717, 1.165) is 18.1 Å². The lowest BCUT2D eigenvalue weighted by atomic mass is 10.0. The van der Waals surface area contributed by atoms with Crippen molar-refractivity contribution in [1.29, 1.82) is 0 Å². The molecule has 6 heteroatoms. The highest BCUT2D eigenvalue weighted by Gasteiger charge is 2.30. The van der Waals surface area contributed by atoms with E-state index in [1.807, 2.05) is 39.0 Å². The van der Waals surface area contributed by atoms with Crippen molar-refractivity contribution in [2.75, 3.05) is 13.2 Å². The molecule has 6 nitrogen and oxygen atoms in total. The summed E-state index contributed by atoms with van der Waals surface area (Å²) in [6.45, 7) is 6.49. The number of amides is 1. The maximum Gasteiger partial charge on any atom is 0.337 e. The lowest BCUT2D eigenvalue weighted by molar-refractivity contribution is -0.156. The minimum absolute atomic E-state index is 0.237. The Morgan fingerprint density at radius 2 is 2.00 bits per heavy atom. The molecule has 22 heavy (non-hydrogen) atoms. The molecule has 1 rings (SSSR count). The summed E-state index contributed by atoms with van der Waals surface area (Å²) in [5.41, 5.74) is 0.0202. The van der Waals surface area contributed by atoms with E-state index in [4.69, 9.17) is 9.84 Å². The summed E-state index contributed by atoms with van der Waals surface area (Å²) in [5.74, 6) is -0.992. The predicted molar refractivity (Wildman–Crippen MR) is 82.0 cm³/mol. The molecule has 0 saturated carbocycles. The van der Waals surface area contributed by atoms with Gasteiger partial charge in [-0.3, -0.25) is 4.79 Å². The van der Waals surface area contributed by atoms with Crippen molar-refractivity contribution in [2.24, 2.45) is 0 Å². The third-order valence-electron chi connectivity index (χ3n) is 3.24. The van der Waals surface area contributed by atoms with Gasteiger partial charge < -0.3 is 20.3 Å². The van der Waals surface area contributed by atoms with E-state index in [2.05, 4.69) is 5.32 Å². The van der Waals surface area contributed by atoms with Gasteiger partial charge in [-0.05, 0) is 37.0 Å². The monoisotopic (exact) mass is 309 g/mol. The Balaban J connectivity index is 2.61. The van der Waals surface area contributed by atoms with Crippen LogP contribution in [-0.4, -0.2) is 40.8 Å². The van der Waals surface area contributed by atoms with Crippen molar-refractivity contribution in [3.05, 3.63) is 29.3 Å². The molecule has 0 spiro atoms. The maximum atomic E-state index is 11.7. The largest absolute Gasteiger partial charge is 0.483 e. The lowest BCUT2D eigenvalue weighted by Gasteiger charge is -2.19. The van der Waals surface area contributed by atoms with Gasteiger partial charge in [-0.1, -0.05) is 26.0 Å². The van der Waals surface area contributed by atoms with E-state index in [9.17, 15) is 14.7 Å². The van der Waals surface area contributed by atoms with Crippen molar-refractivity contribution in [1.82, 2.24) is 5.32 Å². The molecule has 0 radical (unpaired) electrons. The number of aliphatic hydroxyl groups is 1. The Hall–Kier alpha value is -2.08.